The van der Waals surface area contributed by atoms with Crippen LogP contribution in [0.25, 0.3) is 0 Å². The van der Waals surface area contributed by atoms with Crippen LogP contribution >= 0.6 is 11.8 Å². The van der Waals surface area contributed by atoms with Gasteiger partial charge in [-0.3, -0.25) is 4.99 Å². The van der Waals surface area contributed by atoms with Crippen LogP contribution in [-0.4, -0.2) is 35.5 Å². The molecule has 5 heteroatoms. The van der Waals surface area contributed by atoms with Crippen molar-refractivity contribution in [1.82, 2.24) is 0 Å². The first kappa shape index (κ1) is 10.5. The minimum absolute atomic E-state index is 0.0792. The minimum atomic E-state index is -0.342. The standard InChI is InChI=1S/C8H14N2O2S/c1-3-12-8(11)6-4-13-7(10-6)5(2)9/h5-6H,3-4,9H2,1-2H3/t5-,6?/m0/s1. The lowest BCUT2D eigenvalue weighted by Crippen LogP contribution is -2.24. The van der Waals surface area contributed by atoms with Gasteiger partial charge in [0.2, 0.25) is 0 Å². The first-order valence-electron chi connectivity index (χ1n) is 4.27. The van der Waals surface area contributed by atoms with Gasteiger partial charge in [0.15, 0.2) is 6.04 Å². The first-order valence-corrected chi connectivity index (χ1v) is 5.26. The molecular formula is C8H14N2O2S. The predicted molar refractivity (Wildman–Crippen MR) is 54.0 cm³/mol. The zero-order valence-electron chi connectivity index (χ0n) is 7.82. The van der Waals surface area contributed by atoms with Crippen molar-refractivity contribution in [2.45, 2.75) is 25.9 Å². The van der Waals surface area contributed by atoms with Crippen LogP contribution in [0.4, 0.5) is 0 Å². The average Bonchev–Trinajstić information content (AvgIpc) is 2.52. The molecule has 0 radical (unpaired) electrons. The number of aliphatic imine (C=N–C) groups is 1. The highest BCUT2D eigenvalue weighted by molar-refractivity contribution is 8.14. The highest BCUT2D eigenvalue weighted by Crippen LogP contribution is 2.20. The van der Waals surface area contributed by atoms with Gasteiger partial charge < -0.3 is 10.5 Å². The molecule has 1 heterocycles. The van der Waals surface area contributed by atoms with Gasteiger partial charge in [-0.05, 0) is 13.8 Å². The molecule has 13 heavy (non-hydrogen) atoms. The minimum Gasteiger partial charge on any atom is -0.464 e. The predicted octanol–water partition coefficient (Wildman–Crippen LogP) is 0.411. The summed E-state index contributed by atoms with van der Waals surface area (Å²) in [5.74, 6) is 0.418. The van der Waals surface area contributed by atoms with Crippen LogP contribution in [-0.2, 0) is 9.53 Å². The number of esters is 1. The van der Waals surface area contributed by atoms with Crippen molar-refractivity contribution in [3.05, 3.63) is 0 Å². The van der Waals surface area contributed by atoms with Crippen molar-refractivity contribution in [3.8, 4) is 0 Å². The molecule has 0 fully saturated rings. The van der Waals surface area contributed by atoms with Crippen molar-refractivity contribution in [2.24, 2.45) is 10.7 Å². The third-order valence-electron chi connectivity index (χ3n) is 1.62. The number of carbonyl (C=O) groups is 1. The molecule has 2 atom stereocenters. The van der Waals surface area contributed by atoms with E-state index < -0.39 is 0 Å². The third kappa shape index (κ3) is 2.70. The van der Waals surface area contributed by atoms with E-state index in [-0.39, 0.29) is 18.1 Å². The van der Waals surface area contributed by atoms with E-state index in [1.165, 1.54) is 11.8 Å². The summed E-state index contributed by atoms with van der Waals surface area (Å²) in [5, 5.41) is 0.845. The molecule has 0 aliphatic carbocycles. The maximum absolute atomic E-state index is 11.2. The smallest absolute Gasteiger partial charge is 0.331 e. The Morgan fingerprint density at radius 1 is 1.92 bits per heavy atom. The molecule has 1 unspecified atom stereocenters. The Morgan fingerprint density at radius 2 is 2.62 bits per heavy atom. The largest absolute Gasteiger partial charge is 0.464 e. The Hall–Kier alpha value is -0.550. The molecular weight excluding hydrogens is 188 g/mol. The van der Waals surface area contributed by atoms with Crippen molar-refractivity contribution < 1.29 is 9.53 Å². The summed E-state index contributed by atoms with van der Waals surface area (Å²) in [5.41, 5.74) is 5.63. The van der Waals surface area contributed by atoms with Crippen molar-refractivity contribution in [2.75, 3.05) is 12.4 Å². The van der Waals surface area contributed by atoms with Gasteiger partial charge in [-0.15, -0.1) is 11.8 Å². The molecule has 0 bridgehead atoms. The summed E-state index contributed by atoms with van der Waals surface area (Å²) < 4.78 is 4.85. The van der Waals surface area contributed by atoms with Gasteiger partial charge >= 0.3 is 5.97 Å². The highest BCUT2D eigenvalue weighted by atomic mass is 32.2. The maximum atomic E-state index is 11.2. The molecule has 1 aliphatic heterocycles. The molecule has 0 aromatic carbocycles. The Balaban J connectivity index is 2.52. The molecule has 4 nitrogen and oxygen atoms in total. The van der Waals surface area contributed by atoms with Crippen molar-refractivity contribution in [1.29, 1.82) is 0 Å². The quantitative estimate of drug-likeness (QED) is 0.673. The summed E-state index contributed by atoms with van der Waals surface area (Å²) in [6.45, 7) is 4.05. The first-order chi connectivity index (χ1) is 6.15. The fraction of sp³-hybridized carbons (Fsp3) is 0.750. The molecule has 0 aromatic rings. The molecule has 74 valence electrons. The molecule has 0 spiro atoms. The summed E-state index contributed by atoms with van der Waals surface area (Å²) in [4.78, 5) is 15.4. The summed E-state index contributed by atoms with van der Waals surface area (Å²) in [7, 11) is 0. The summed E-state index contributed by atoms with van der Waals surface area (Å²) >= 11 is 1.54. The summed E-state index contributed by atoms with van der Waals surface area (Å²) in [6, 6.07) is -0.421. The number of carbonyl (C=O) groups excluding carboxylic acids is 1. The van der Waals surface area contributed by atoms with Crippen molar-refractivity contribution in [3.63, 3.8) is 0 Å². The Bertz CT molecular complexity index is 228. The topological polar surface area (TPSA) is 64.7 Å². The number of rotatable bonds is 3. The van der Waals surface area contributed by atoms with Gasteiger partial charge in [0.05, 0.1) is 11.7 Å². The number of thioether (sulfide) groups is 1. The van der Waals surface area contributed by atoms with Gasteiger partial charge in [0, 0.05) is 11.8 Å². The number of nitrogens with zero attached hydrogens (tertiary/aromatic N) is 1. The van der Waals surface area contributed by atoms with Crippen LogP contribution in [0.3, 0.4) is 0 Å². The molecule has 0 saturated carbocycles. The number of hydrogen-bond donors (Lipinski definition) is 1. The van der Waals surface area contributed by atoms with Gasteiger partial charge in [0.25, 0.3) is 0 Å². The average molecular weight is 202 g/mol. The fourth-order valence-corrected chi connectivity index (χ4v) is 2.00. The lowest BCUT2D eigenvalue weighted by molar-refractivity contribution is -0.143. The van der Waals surface area contributed by atoms with E-state index in [9.17, 15) is 4.79 Å². The molecule has 0 saturated heterocycles. The van der Waals surface area contributed by atoms with Gasteiger partial charge in [-0.2, -0.15) is 0 Å². The van der Waals surface area contributed by atoms with Gasteiger partial charge in [0.1, 0.15) is 0 Å². The summed E-state index contributed by atoms with van der Waals surface area (Å²) in [6.07, 6.45) is 0. The van der Waals surface area contributed by atoms with E-state index in [4.69, 9.17) is 10.5 Å². The molecule has 0 aromatic heterocycles. The number of hydrogen-bond acceptors (Lipinski definition) is 5. The molecule has 1 aliphatic rings. The van der Waals surface area contributed by atoms with E-state index in [0.717, 1.165) is 5.04 Å². The Labute approximate surface area is 81.9 Å². The van der Waals surface area contributed by atoms with E-state index in [2.05, 4.69) is 4.99 Å². The van der Waals surface area contributed by atoms with Gasteiger partial charge in [-0.1, -0.05) is 0 Å². The van der Waals surface area contributed by atoms with E-state index in [0.29, 0.717) is 12.4 Å². The van der Waals surface area contributed by atoms with Crippen LogP contribution in [0.2, 0.25) is 0 Å². The second kappa shape index (κ2) is 4.62. The second-order valence-corrected chi connectivity index (χ2v) is 3.88. The zero-order chi connectivity index (χ0) is 9.84. The lowest BCUT2D eigenvalue weighted by atomic mass is 10.3. The van der Waals surface area contributed by atoms with Gasteiger partial charge in [-0.25, -0.2) is 4.79 Å². The van der Waals surface area contributed by atoms with Crippen LogP contribution in [0, 0.1) is 0 Å². The fourth-order valence-electron chi connectivity index (χ4n) is 1.00. The second-order valence-electron chi connectivity index (χ2n) is 2.83. The number of nitrogens with two attached hydrogens (primary N) is 1. The molecule has 2 N–H and O–H groups in total. The zero-order valence-corrected chi connectivity index (χ0v) is 8.63. The SMILES string of the molecule is CCOC(=O)C1CSC([C@H](C)N)=N1. The van der Waals surface area contributed by atoms with Crippen molar-refractivity contribution >= 4 is 22.8 Å². The monoisotopic (exact) mass is 202 g/mol. The normalized spacial score (nSPS) is 23.9. The third-order valence-corrected chi connectivity index (χ3v) is 2.88. The van der Waals surface area contributed by atoms with E-state index in [1.54, 1.807) is 6.92 Å². The van der Waals surface area contributed by atoms with Crippen LogP contribution < -0.4 is 5.73 Å². The number of ether oxygens (including phenoxy) is 1. The molecule has 1 rings (SSSR count). The lowest BCUT2D eigenvalue weighted by Gasteiger charge is -2.04. The Morgan fingerprint density at radius 3 is 3.08 bits per heavy atom. The molecule has 0 amide bonds. The maximum Gasteiger partial charge on any atom is 0.331 e. The van der Waals surface area contributed by atoms with Crippen LogP contribution in [0.15, 0.2) is 4.99 Å². The Kier molecular flexibility index (Phi) is 3.74. The highest BCUT2D eigenvalue weighted by Gasteiger charge is 2.27. The van der Waals surface area contributed by atoms with E-state index in [1.807, 2.05) is 6.92 Å². The van der Waals surface area contributed by atoms with Crippen LogP contribution in [0.1, 0.15) is 13.8 Å². The van der Waals surface area contributed by atoms with E-state index >= 15 is 0 Å². The van der Waals surface area contributed by atoms with Crippen LogP contribution in [0.5, 0.6) is 0 Å².